The van der Waals surface area contributed by atoms with E-state index in [1.807, 2.05) is 35.2 Å². The van der Waals surface area contributed by atoms with Crippen molar-refractivity contribution in [2.45, 2.75) is 38.3 Å². The van der Waals surface area contributed by atoms with E-state index in [-0.39, 0.29) is 29.6 Å². The average molecular weight is 327 g/mol. The summed E-state index contributed by atoms with van der Waals surface area (Å²) in [5.74, 6) is -0.228. The Morgan fingerprint density at radius 2 is 2.08 bits per heavy atom. The number of nitrogens with one attached hydrogen (secondary N) is 1. The van der Waals surface area contributed by atoms with Crippen LogP contribution in [0.5, 0.6) is 0 Å². The molecule has 1 N–H and O–H groups in total. The Labute approximate surface area is 140 Å². The molecule has 126 valence electrons. The summed E-state index contributed by atoms with van der Waals surface area (Å²) < 4.78 is 4.73. The second kappa shape index (κ2) is 7.29. The highest BCUT2D eigenvalue weighted by Crippen LogP contribution is 2.22. The number of hydrogen-bond donors (Lipinski definition) is 1. The third kappa shape index (κ3) is 3.64. The lowest BCUT2D eigenvalue weighted by molar-refractivity contribution is -0.133. The van der Waals surface area contributed by atoms with Gasteiger partial charge in [-0.05, 0) is 24.8 Å². The minimum atomic E-state index is -0.266. The van der Waals surface area contributed by atoms with E-state index < -0.39 is 0 Å². The SMILES string of the molecule is CC(=O)N1CCC[C@H](NC(=O)c2ccon2)[C@@H]1Cc1ccccc1. The van der Waals surface area contributed by atoms with Crippen LogP contribution in [-0.4, -0.2) is 40.5 Å². The summed E-state index contributed by atoms with van der Waals surface area (Å²) >= 11 is 0. The maximum absolute atomic E-state index is 12.3. The average Bonchev–Trinajstić information content (AvgIpc) is 3.12. The lowest BCUT2D eigenvalue weighted by Gasteiger charge is -2.41. The molecule has 0 bridgehead atoms. The summed E-state index contributed by atoms with van der Waals surface area (Å²) in [4.78, 5) is 26.2. The first-order valence-corrected chi connectivity index (χ1v) is 8.17. The van der Waals surface area contributed by atoms with Crippen molar-refractivity contribution < 1.29 is 14.1 Å². The number of aromatic nitrogens is 1. The number of carbonyl (C=O) groups excluding carboxylic acids is 2. The molecular weight excluding hydrogens is 306 g/mol. The van der Waals surface area contributed by atoms with Gasteiger partial charge in [0.25, 0.3) is 5.91 Å². The number of hydrogen-bond acceptors (Lipinski definition) is 4. The first-order valence-electron chi connectivity index (χ1n) is 8.17. The molecule has 6 nitrogen and oxygen atoms in total. The Morgan fingerprint density at radius 3 is 2.75 bits per heavy atom. The van der Waals surface area contributed by atoms with Crippen LogP contribution in [0.25, 0.3) is 0 Å². The van der Waals surface area contributed by atoms with Crippen molar-refractivity contribution in [2.24, 2.45) is 0 Å². The van der Waals surface area contributed by atoms with Crippen LogP contribution in [0.1, 0.15) is 35.8 Å². The summed E-state index contributed by atoms with van der Waals surface area (Å²) in [6.45, 7) is 2.31. The van der Waals surface area contributed by atoms with Crippen molar-refractivity contribution in [3.05, 3.63) is 53.9 Å². The molecule has 3 rings (SSSR count). The van der Waals surface area contributed by atoms with Gasteiger partial charge >= 0.3 is 0 Å². The number of rotatable bonds is 4. The van der Waals surface area contributed by atoms with E-state index in [9.17, 15) is 9.59 Å². The van der Waals surface area contributed by atoms with Crippen LogP contribution in [0.4, 0.5) is 0 Å². The van der Waals surface area contributed by atoms with Crippen LogP contribution in [0.15, 0.2) is 47.2 Å². The number of piperidine rings is 1. The molecule has 1 aliphatic rings. The van der Waals surface area contributed by atoms with Gasteiger partial charge < -0.3 is 14.7 Å². The molecule has 0 unspecified atom stereocenters. The van der Waals surface area contributed by atoms with Crippen molar-refractivity contribution in [2.75, 3.05) is 6.54 Å². The molecule has 1 aromatic heterocycles. The lowest BCUT2D eigenvalue weighted by Crippen LogP contribution is -2.57. The molecule has 24 heavy (non-hydrogen) atoms. The number of carbonyl (C=O) groups is 2. The van der Waals surface area contributed by atoms with Gasteiger partial charge in [-0.3, -0.25) is 9.59 Å². The number of nitrogens with zero attached hydrogens (tertiary/aromatic N) is 2. The van der Waals surface area contributed by atoms with Gasteiger partial charge in [-0.1, -0.05) is 35.5 Å². The van der Waals surface area contributed by atoms with Crippen LogP contribution in [0.3, 0.4) is 0 Å². The number of amides is 2. The van der Waals surface area contributed by atoms with Crippen molar-refractivity contribution >= 4 is 11.8 Å². The molecule has 1 saturated heterocycles. The molecule has 2 aromatic rings. The molecule has 0 radical (unpaired) electrons. The first-order chi connectivity index (χ1) is 11.6. The minimum absolute atomic E-state index is 0.0383. The molecule has 0 aliphatic carbocycles. The molecule has 2 heterocycles. The highest BCUT2D eigenvalue weighted by atomic mass is 16.5. The van der Waals surface area contributed by atoms with E-state index in [0.717, 1.165) is 24.9 Å². The molecule has 1 fully saturated rings. The van der Waals surface area contributed by atoms with Crippen LogP contribution >= 0.6 is 0 Å². The molecule has 2 atom stereocenters. The third-order valence-electron chi connectivity index (χ3n) is 4.46. The molecule has 6 heteroatoms. The third-order valence-corrected chi connectivity index (χ3v) is 4.46. The smallest absolute Gasteiger partial charge is 0.273 e. The van der Waals surface area contributed by atoms with Crippen LogP contribution in [-0.2, 0) is 11.2 Å². The molecule has 0 spiro atoms. The molecule has 2 amide bonds. The predicted molar refractivity (Wildman–Crippen MR) is 88.3 cm³/mol. The summed E-state index contributed by atoms with van der Waals surface area (Å²) in [6, 6.07) is 11.4. The van der Waals surface area contributed by atoms with Crippen molar-refractivity contribution in [3.8, 4) is 0 Å². The van der Waals surface area contributed by atoms with Gasteiger partial charge in [0.05, 0.1) is 12.1 Å². The fourth-order valence-corrected chi connectivity index (χ4v) is 3.30. The molecule has 1 aliphatic heterocycles. The van der Waals surface area contributed by atoms with E-state index in [4.69, 9.17) is 4.52 Å². The van der Waals surface area contributed by atoms with Gasteiger partial charge in [-0.25, -0.2) is 0 Å². The zero-order valence-electron chi connectivity index (χ0n) is 13.6. The normalized spacial score (nSPS) is 20.6. The van der Waals surface area contributed by atoms with Gasteiger partial charge in [0.1, 0.15) is 6.26 Å². The second-order valence-corrected chi connectivity index (χ2v) is 6.08. The maximum atomic E-state index is 12.3. The quantitative estimate of drug-likeness (QED) is 0.932. The van der Waals surface area contributed by atoms with E-state index in [2.05, 4.69) is 10.5 Å². The van der Waals surface area contributed by atoms with Gasteiger partial charge in [0, 0.05) is 19.5 Å². The fraction of sp³-hybridized carbons (Fsp3) is 0.389. The van der Waals surface area contributed by atoms with Crippen molar-refractivity contribution in [1.29, 1.82) is 0 Å². The van der Waals surface area contributed by atoms with E-state index in [1.165, 1.54) is 12.3 Å². The fourth-order valence-electron chi connectivity index (χ4n) is 3.30. The predicted octanol–water partition coefficient (Wildman–Crippen LogP) is 2.03. The topological polar surface area (TPSA) is 75.4 Å². The van der Waals surface area contributed by atoms with Gasteiger partial charge in [0.15, 0.2) is 5.69 Å². The Hall–Kier alpha value is -2.63. The van der Waals surface area contributed by atoms with E-state index in [0.29, 0.717) is 6.42 Å². The summed E-state index contributed by atoms with van der Waals surface area (Å²) in [6.07, 6.45) is 3.79. The number of benzene rings is 1. The Morgan fingerprint density at radius 1 is 1.29 bits per heavy atom. The first kappa shape index (κ1) is 16.2. The maximum Gasteiger partial charge on any atom is 0.273 e. The number of likely N-dealkylation sites (tertiary alicyclic amines) is 1. The van der Waals surface area contributed by atoms with Crippen molar-refractivity contribution in [1.82, 2.24) is 15.4 Å². The van der Waals surface area contributed by atoms with Gasteiger partial charge in [-0.15, -0.1) is 0 Å². The Bertz CT molecular complexity index is 685. The largest absolute Gasteiger partial charge is 0.364 e. The summed E-state index contributed by atoms with van der Waals surface area (Å²) in [7, 11) is 0. The highest BCUT2D eigenvalue weighted by molar-refractivity contribution is 5.92. The summed E-state index contributed by atoms with van der Waals surface area (Å²) in [5.41, 5.74) is 1.41. The Kier molecular flexibility index (Phi) is 4.93. The van der Waals surface area contributed by atoms with Crippen molar-refractivity contribution in [3.63, 3.8) is 0 Å². The van der Waals surface area contributed by atoms with Crippen LogP contribution in [0.2, 0.25) is 0 Å². The minimum Gasteiger partial charge on any atom is -0.364 e. The molecular formula is C18H21N3O3. The van der Waals surface area contributed by atoms with Gasteiger partial charge in [-0.2, -0.15) is 0 Å². The molecule has 0 saturated carbocycles. The zero-order chi connectivity index (χ0) is 16.9. The van der Waals surface area contributed by atoms with E-state index >= 15 is 0 Å². The highest BCUT2D eigenvalue weighted by Gasteiger charge is 2.34. The van der Waals surface area contributed by atoms with Crippen LogP contribution < -0.4 is 5.32 Å². The second-order valence-electron chi connectivity index (χ2n) is 6.08. The monoisotopic (exact) mass is 327 g/mol. The molecule has 1 aromatic carbocycles. The van der Waals surface area contributed by atoms with Gasteiger partial charge in [0.2, 0.25) is 5.91 Å². The Balaban J connectivity index is 1.78. The van der Waals surface area contributed by atoms with Crippen LogP contribution in [0, 0.1) is 0 Å². The lowest BCUT2D eigenvalue weighted by atomic mass is 9.90. The summed E-state index contributed by atoms with van der Waals surface area (Å²) in [5, 5.41) is 6.70. The standard InChI is InChI=1S/C18H21N3O3/c1-13(22)21-10-5-8-15(19-18(23)16-9-11-24-20-16)17(21)12-14-6-3-2-4-7-14/h2-4,6-7,9,11,15,17H,5,8,10,12H2,1H3,(H,19,23)/t15-,17-/m0/s1. The zero-order valence-corrected chi connectivity index (χ0v) is 13.6. The van der Waals surface area contributed by atoms with E-state index in [1.54, 1.807) is 6.92 Å².